The normalized spacial score (nSPS) is 32.6. The first-order valence-electron chi connectivity index (χ1n) is 6.54. The molecule has 2 atom stereocenters. The van der Waals surface area contributed by atoms with Crippen molar-refractivity contribution in [1.29, 1.82) is 0 Å². The number of piperidine rings is 1. The van der Waals surface area contributed by atoms with Crippen molar-refractivity contribution in [2.45, 2.75) is 31.7 Å². The predicted molar refractivity (Wildman–Crippen MR) is 64.4 cm³/mol. The molecular formula is C12H19N3O2. The number of rotatable bonds is 1. The molecule has 1 N–H and O–H groups in total. The molecule has 3 aliphatic rings. The highest BCUT2D eigenvalue weighted by Crippen LogP contribution is 2.29. The third kappa shape index (κ3) is 1.87. The van der Waals surface area contributed by atoms with Crippen molar-refractivity contribution in [2.24, 2.45) is 10.9 Å². The molecule has 2 unspecified atom stereocenters. The van der Waals surface area contributed by atoms with Gasteiger partial charge in [0.1, 0.15) is 5.84 Å². The first kappa shape index (κ1) is 10.9. The molecule has 5 heteroatoms. The average Bonchev–Trinajstić information content (AvgIpc) is 2.90. The third-order valence-corrected chi connectivity index (χ3v) is 4.19. The number of likely N-dealkylation sites (tertiary alicyclic amines) is 1. The minimum absolute atomic E-state index is 0.336. The Morgan fingerprint density at radius 1 is 1.29 bits per heavy atom. The summed E-state index contributed by atoms with van der Waals surface area (Å²) in [6.45, 7) is 3.37. The molecule has 0 spiro atoms. The van der Waals surface area contributed by atoms with Crippen LogP contribution in [0.1, 0.15) is 25.7 Å². The maximum Gasteiger partial charge on any atom is 0.407 e. The summed E-state index contributed by atoms with van der Waals surface area (Å²) in [4.78, 5) is 19.6. The largest absolute Gasteiger partial charge is 0.465 e. The molecule has 0 aromatic rings. The maximum atomic E-state index is 11.0. The molecule has 2 saturated heterocycles. The van der Waals surface area contributed by atoms with Gasteiger partial charge in [0.2, 0.25) is 0 Å². The Morgan fingerprint density at radius 3 is 2.94 bits per heavy atom. The van der Waals surface area contributed by atoms with Gasteiger partial charge in [0.15, 0.2) is 0 Å². The lowest BCUT2D eigenvalue weighted by Gasteiger charge is -2.34. The molecule has 1 amide bonds. The Bertz CT molecular complexity index is 356. The number of aliphatic imine (C=N–C) groups is 1. The number of carbonyl (C=O) groups is 1. The van der Waals surface area contributed by atoms with Crippen LogP contribution in [0.5, 0.6) is 0 Å². The molecule has 0 aliphatic carbocycles. The van der Waals surface area contributed by atoms with E-state index in [0.717, 1.165) is 25.9 Å². The van der Waals surface area contributed by atoms with Crippen LogP contribution >= 0.6 is 0 Å². The van der Waals surface area contributed by atoms with Crippen LogP contribution in [0.25, 0.3) is 0 Å². The molecule has 0 aromatic carbocycles. The molecule has 0 saturated carbocycles. The Labute approximate surface area is 101 Å². The summed E-state index contributed by atoms with van der Waals surface area (Å²) in [5.41, 5.74) is 0. The minimum Gasteiger partial charge on any atom is -0.465 e. The summed E-state index contributed by atoms with van der Waals surface area (Å²) in [6, 6.07) is 0.616. The van der Waals surface area contributed by atoms with E-state index in [0.29, 0.717) is 25.0 Å². The van der Waals surface area contributed by atoms with Crippen LogP contribution < -0.4 is 0 Å². The fraction of sp³-hybridized carbons (Fsp3) is 0.833. The molecule has 3 heterocycles. The molecule has 5 nitrogen and oxygen atoms in total. The topological polar surface area (TPSA) is 56.1 Å². The average molecular weight is 237 g/mol. The quantitative estimate of drug-likeness (QED) is 0.746. The van der Waals surface area contributed by atoms with Crippen LogP contribution in [0.3, 0.4) is 0 Å². The highest BCUT2D eigenvalue weighted by atomic mass is 16.4. The standard InChI is InChI=1S/C12H19N3O2/c16-12(17)14-5-1-3-9(8-14)11-13-7-10-4-2-6-15(10)11/h9-10H,1-8H2,(H,16,17). The number of fused-ring (bicyclic) bond motifs is 1. The Hall–Kier alpha value is -1.26. The van der Waals surface area contributed by atoms with E-state index in [4.69, 9.17) is 5.11 Å². The van der Waals surface area contributed by atoms with Crippen molar-refractivity contribution in [3.63, 3.8) is 0 Å². The van der Waals surface area contributed by atoms with Crippen molar-refractivity contribution < 1.29 is 9.90 Å². The zero-order valence-corrected chi connectivity index (χ0v) is 10.0. The molecule has 3 rings (SSSR count). The summed E-state index contributed by atoms with van der Waals surface area (Å²) >= 11 is 0. The lowest BCUT2D eigenvalue weighted by molar-refractivity contribution is 0.128. The Morgan fingerprint density at radius 2 is 2.12 bits per heavy atom. The van der Waals surface area contributed by atoms with E-state index in [1.54, 1.807) is 4.90 Å². The van der Waals surface area contributed by atoms with Gasteiger partial charge in [-0.25, -0.2) is 4.79 Å². The summed E-state index contributed by atoms with van der Waals surface area (Å²) in [7, 11) is 0. The fourth-order valence-electron chi connectivity index (χ4n) is 3.34. The van der Waals surface area contributed by atoms with Crippen LogP contribution in [0.15, 0.2) is 4.99 Å². The van der Waals surface area contributed by atoms with E-state index in [-0.39, 0.29) is 0 Å². The smallest absolute Gasteiger partial charge is 0.407 e. The number of amides is 1. The molecule has 3 aliphatic heterocycles. The van der Waals surface area contributed by atoms with Gasteiger partial charge in [-0.2, -0.15) is 0 Å². The highest BCUT2D eigenvalue weighted by molar-refractivity contribution is 5.87. The van der Waals surface area contributed by atoms with Crippen LogP contribution in [0.2, 0.25) is 0 Å². The second-order valence-electron chi connectivity index (χ2n) is 5.26. The van der Waals surface area contributed by atoms with Gasteiger partial charge in [-0.15, -0.1) is 0 Å². The van der Waals surface area contributed by atoms with Crippen molar-refractivity contribution in [1.82, 2.24) is 9.80 Å². The van der Waals surface area contributed by atoms with E-state index in [2.05, 4.69) is 9.89 Å². The number of nitrogens with zero attached hydrogens (tertiary/aromatic N) is 3. The van der Waals surface area contributed by atoms with Crippen molar-refractivity contribution in [2.75, 3.05) is 26.2 Å². The highest BCUT2D eigenvalue weighted by Gasteiger charge is 2.37. The summed E-state index contributed by atoms with van der Waals surface area (Å²) in [6.07, 6.45) is 3.79. The van der Waals surface area contributed by atoms with Gasteiger partial charge < -0.3 is 14.9 Å². The molecule has 0 aromatic heterocycles. The SMILES string of the molecule is O=C(O)N1CCCC(C2=NCC3CCCN23)C1. The molecule has 0 radical (unpaired) electrons. The minimum atomic E-state index is -0.786. The van der Waals surface area contributed by atoms with Gasteiger partial charge >= 0.3 is 6.09 Å². The lowest BCUT2D eigenvalue weighted by Crippen LogP contribution is -2.45. The Kier molecular flexibility index (Phi) is 2.68. The van der Waals surface area contributed by atoms with E-state index >= 15 is 0 Å². The predicted octanol–water partition coefficient (Wildman–Crippen LogP) is 1.25. The third-order valence-electron chi connectivity index (χ3n) is 4.19. The number of amidine groups is 1. The van der Waals surface area contributed by atoms with E-state index in [9.17, 15) is 4.79 Å². The molecular weight excluding hydrogens is 218 g/mol. The Balaban J connectivity index is 1.70. The second-order valence-corrected chi connectivity index (χ2v) is 5.26. The fourth-order valence-corrected chi connectivity index (χ4v) is 3.34. The molecule has 0 bridgehead atoms. The van der Waals surface area contributed by atoms with Gasteiger partial charge in [0, 0.05) is 31.6 Å². The molecule has 94 valence electrons. The van der Waals surface area contributed by atoms with Gasteiger partial charge in [-0.1, -0.05) is 0 Å². The zero-order chi connectivity index (χ0) is 11.8. The number of hydrogen-bond acceptors (Lipinski definition) is 3. The van der Waals surface area contributed by atoms with Crippen LogP contribution in [0.4, 0.5) is 4.79 Å². The van der Waals surface area contributed by atoms with E-state index in [1.165, 1.54) is 18.7 Å². The first-order valence-corrected chi connectivity index (χ1v) is 6.54. The van der Waals surface area contributed by atoms with Gasteiger partial charge in [-0.3, -0.25) is 4.99 Å². The zero-order valence-electron chi connectivity index (χ0n) is 10.0. The van der Waals surface area contributed by atoms with Gasteiger partial charge in [0.25, 0.3) is 0 Å². The van der Waals surface area contributed by atoms with Gasteiger partial charge in [-0.05, 0) is 25.7 Å². The summed E-state index contributed by atoms with van der Waals surface area (Å²) in [5, 5.41) is 9.06. The summed E-state index contributed by atoms with van der Waals surface area (Å²) < 4.78 is 0. The van der Waals surface area contributed by atoms with Crippen LogP contribution in [-0.4, -0.2) is 59.1 Å². The maximum absolute atomic E-state index is 11.0. The summed E-state index contributed by atoms with van der Waals surface area (Å²) in [5.74, 6) is 1.53. The second kappa shape index (κ2) is 4.20. The first-order chi connectivity index (χ1) is 8.25. The molecule has 17 heavy (non-hydrogen) atoms. The van der Waals surface area contributed by atoms with Crippen LogP contribution in [0, 0.1) is 5.92 Å². The van der Waals surface area contributed by atoms with E-state index < -0.39 is 6.09 Å². The van der Waals surface area contributed by atoms with Crippen molar-refractivity contribution >= 4 is 11.9 Å². The van der Waals surface area contributed by atoms with Crippen molar-refractivity contribution in [3.8, 4) is 0 Å². The number of carboxylic acid groups (broad SMARTS) is 1. The lowest BCUT2D eigenvalue weighted by atomic mass is 9.96. The number of hydrogen-bond donors (Lipinski definition) is 1. The van der Waals surface area contributed by atoms with Gasteiger partial charge in [0.05, 0.1) is 6.54 Å². The van der Waals surface area contributed by atoms with E-state index in [1.807, 2.05) is 0 Å². The van der Waals surface area contributed by atoms with Crippen LogP contribution in [-0.2, 0) is 0 Å². The van der Waals surface area contributed by atoms with Crippen molar-refractivity contribution in [3.05, 3.63) is 0 Å². The monoisotopic (exact) mass is 237 g/mol. The molecule has 2 fully saturated rings.